The molecule has 7 heteroatoms. The number of carbonyl (C=O) groups excluding carboxylic acids is 1. The number of hydrogen-bond acceptors (Lipinski definition) is 5. The van der Waals surface area contributed by atoms with Gasteiger partial charge in [-0.2, -0.15) is 0 Å². The third-order valence-electron chi connectivity index (χ3n) is 4.59. The van der Waals surface area contributed by atoms with Crippen molar-refractivity contribution in [1.29, 1.82) is 0 Å². The number of benzene rings is 2. The van der Waals surface area contributed by atoms with E-state index in [1.54, 1.807) is 55.6 Å². The third-order valence-corrected chi connectivity index (χ3v) is 4.59. The fourth-order valence-corrected chi connectivity index (χ4v) is 3.11. The number of methoxy groups -OCH3 is 1. The van der Waals surface area contributed by atoms with Gasteiger partial charge in [0.1, 0.15) is 11.3 Å². The maximum Gasteiger partial charge on any atom is 0.349 e. The highest BCUT2D eigenvalue weighted by atomic mass is 16.5. The van der Waals surface area contributed by atoms with Crippen molar-refractivity contribution in [3.05, 3.63) is 80.9 Å². The topological polar surface area (TPSA) is 90.5 Å². The number of fused-ring (bicyclic) bond motifs is 3. The van der Waals surface area contributed by atoms with Gasteiger partial charge in [0.2, 0.25) is 0 Å². The van der Waals surface area contributed by atoms with Crippen molar-refractivity contribution in [2.24, 2.45) is 7.05 Å². The minimum absolute atomic E-state index is 0.167. The molecule has 0 fully saturated rings. The Morgan fingerprint density at radius 3 is 2.46 bits per heavy atom. The maximum absolute atomic E-state index is 12.7. The number of aryl methyl sites for hydroxylation is 1. The quantitative estimate of drug-likeness (QED) is 0.555. The fourth-order valence-electron chi connectivity index (χ4n) is 3.11. The molecule has 0 saturated heterocycles. The number of nitrogens with zero attached hydrogens (tertiary/aromatic N) is 1. The van der Waals surface area contributed by atoms with Gasteiger partial charge < -0.3 is 19.0 Å². The minimum atomic E-state index is -0.808. The van der Waals surface area contributed by atoms with Crippen molar-refractivity contribution in [2.45, 2.75) is 0 Å². The molecule has 1 N–H and O–H groups in total. The molecule has 0 atom stereocenters. The second-order valence-corrected chi connectivity index (χ2v) is 6.25. The molecule has 0 unspecified atom stereocenters. The molecule has 2 aromatic carbocycles. The third kappa shape index (κ3) is 2.83. The molecule has 2 heterocycles. The van der Waals surface area contributed by atoms with E-state index in [1.165, 1.54) is 17.7 Å². The first-order valence-electron chi connectivity index (χ1n) is 8.50. The Morgan fingerprint density at radius 1 is 1.04 bits per heavy atom. The number of rotatable bonds is 3. The molecule has 0 aliphatic rings. The highest BCUT2D eigenvalue weighted by Crippen LogP contribution is 2.22. The molecule has 1 amide bonds. The van der Waals surface area contributed by atoms with Crippen molar-refractivity contribution in [3.63, 3.8) is 0 Å². The number of aromatic nitrogens is 1. The van der Waals surface area contributed by atoms with E-state index in [2.05, 4.69) is 5.32 Å². The SMILES string of the molecule is COc1ccc(NC(=O)c2cc3c(=O)n(C)c4ccccc4c3oc2=O)cc1. The van der Waals surface area contributed by atoms with Crippen molar-refractivity contribution in [2.75, 3.05) is 12.4 Å². The van der Waals surface area contributed by atoms with Crippen LogP contribution in [0.5, 0.6) is 5.75 Å². The number of amides is 1. The van der Waals surface area contributed by atoms with Gasteiger partial charge >= 0.3 is 5.63 Å². The van der Waals surface area contributed by atoms with Gasteiger partial charge in [0, 0.05) is 18.1 Å². The fraction of sp³-hybridized carbons (Fsp3) is 0.0952. The van der Waals surface area contributed by atoms with Crippen molar-refractivity contribution in [3.8, 4) is 5.75 Å². The Labute approximate surface area is 158 Å². The van der Waals surface area contributed by atoms with Crippen LogP contribution >= 0.6 is 0 Å². The zero-order valence-corrected chi connectivity index (χ0v) is 15.2. The van der Waals surface area contributed by atoms with Crippen LogP contribution in [0.25, 0.3) is 21.9 Å². The van der Waals surface area contributed by atoms with E-state index in [0.717, 1.165) is 0 Å². The summed E-state index contributed by atoms with van der Waals surface area (Å²) in [6.45, 7) is 0. The molecule has 140 valence electrons. The van der Waals surface area contributed by atoms with E-state index in [9.17, 15) is 14.4 Å². The summed E-state index contributed by atoms with van der Waals surface area (Å²) in [6, 6.07) is 15.0. The highest BCUT2D eigenvalue weighted by molar-refractivity contribution is 6.08. The second kappa shape index (κ2) is 6.70. The Hall–Kier alpha value is -3.87. The predicted octanol–water partition coefficient (Wildman–Crippen LogP) is 2.91. The number of pyridine rings is 1. The number of ether oxygens (including phenoxy) is 1. The van der Waals surface area contributed by atoms with Gasteiger partial charge in [-0.1, -0.05) is 12.1 Å². The van der Waals surface area contributed by atoms with Gasteiger partial charge in [0.15, 0.2) is 5.58 Å². The molecular formula is C21H16N2O5. The molecular weight excluding hydrogens is 360 g/mol. The molecule has 2 aromatic heterocycles. The molecule has 0 aliphatic carbocycles. The predicted molar refractivity (Wildman–Crippen MR) is 106 cm³/mol. The smallest absolute Gasteiger partial charge is 0.349 e. The minimum Gasteiger partial charge on any atom is -0.497 e. The van der Waals surface area contributed by atoms with E-state index >= 15 is 0 Å². The summed E-state index contributed by atoms with van der Waals surface area (Å²) in [7, 11) is 3.17. The van der Waals surface area contributed by atoms with Crippen molar-refractivity contribution < 1.29 is 13.9 Å². The van der Waals surface area contributed by atoms with Crippen LogP contribution in [-0.2, 0) is 7.05 Å². The Bertz CT molecular complexity index is 1330. The molecule has 0 aliphatic heterocycles. The molecule has 4 rings (SSSR count). The standard InChI is InChI=1S/C21H16N2O5/c1-23-17-6-4-3-5-14(17)18-15(20(23)25)11-16(21(26)28-18)19(24)22-12-7-9-13(27-2)10-8-12/h3-11H,1-2H3,(H,22,24). The van der Waals surface area contributed by atoms with E-state index in [0.29, 0.717) is 22.3 Å². The average Bonchev–Trinajstić information content (AvgIpc) is 2.72. The highest BCUT2D eigenvalue weighted by Gasteiger charge is 2.18. The van der Waals surface area contributed by atoms with Gasteiger partial charge in [-0.15, -0.1) is 0 Å². The summed E-state index contributed by atoms with van der Waals surface area (Å²) in [6.07, 6.45) is 0. The van der Waals surface area contributed by atoms with E-state index < -0.39 is 11.5 Å². The van der Waals surface area contributed by atoms with E-state index in [-0.39, 0.29) is 22.1 Å². The molecule has 0 saturated carbocycles. The monoisotopic (exact) mass is 376 g/mol. The summed E-state index contributed by atoms with van der Waals surface area (Å²) in [5.41, 5.74) is -0.108. The first kappa shape index (κ1) is 17.5. The van der Waals surface area contributed by atoms with Crippen molar-refractivity contribution >= 4 is 33.5 Å². The first-order chi connectivity index (χ1) is 13.5. The summed E-state index contributed by atoms with van der Waals surface area (Å²) in [4.78, 5) is 37.7. The van der Waals surface area contributed by atoms with Crippen LogP contribution in [0.15, 0.2) is 68.6 Å². The number of anilines is 1. The summed E-state index contributed by atoms with van der Waals surface area (Å²) in [5, 5.41) is 3.41. The lowest BCUT2D eigenvalue weighted by Gasteiger charge is -2.09. The largest absolute Gasteiger partial charge is 0.497 e. The number of nitrogens with one attached hydrogen (secondary N) is 1. The van der Waals surface area contributed by atoms with Crippen LogP contribution in [0.4, 0.5) is 5.69 Å². The van der Waals surface area contributed by atoms with Crippen LogP contribution in [0.1, 0.15) is 10.4 Å². The van der Waals surface area contributed by atoms with Crippen LogP contribution in [-0.4, -0.2) is 17.6 Å². The lowest BCUT2D eigenvalue weighted by Crippen LogP contribution is -2.23. The van der Waals surface area contributed by atoms with Crippen LogP contribution < -0.4 is 21.2 Å². The number of hydrogen-bond donors (Lipinski definition) is 1. The van der Waals surface area contributed by atoms with E-state index in [1.807, 2.05) is 0 Å². The molecule has 0 bridgehead atoms. The lowest BCUT2D eigenvalue weighted by molar-refractivity contribution is 0.102. The molecule has 4 aromatic rings. The Morgan fingerprint density at radius 2 is 1.75 bits per heavy atom. The number of carbonyl (C=O) groups is 1. The Kier molecular flexibility index (Phi) is 4.19. The van der Waals surface area contributed by atoms with Crippen LogP contribution in [0.3, 0.4) is 0 Å². The lowest BCUT2D eigenvalue weighted by atomic mass is 10.1. The van der Waals surface area contributed by atoms with Crippen LogP contribution in [0.2, 0.25) is 0 Å². The zero-order valence-electron chi connectivity index (χ0n) is 15.2. The number of para-hydroxylation sites is 1. The molecule has 0 spiro atoms. The van der Waals surface area contributed by atoms with Gasteiger partial charge in [-0.05, 0) is 42.5 Å². The molecule has 0 radical (unpaired) electrons. The van der Waals surface area contributed by atoms with Crippen molar-refractivity contribution in [1.82, 2.24) is 4.57 Å². The van der Waals surface area contributed by atoms with Gasteiger partial charge in [0.05, 0.1) is 18.0 Å². The molecule has 7 nitrogen and oxygen atoms in total. The second-order valence-electron chi connectivity index (χ2n) is 6.25. The summed E-state index contributed by atoms with van der Waals surface area (Å²) in [5.74, 6) is -0.0189. The van der Waals surface area contributed by atoms with Gasteiger partial charge in [-0.25, -0.2) is 4.79 Å². The van der Waals surface area contributed by atoms with E-state index in [4.69, 9.17) is 9.15 Å². The summed E-state index contributed by atoms with van der Waals surface area (Å²) < 4.78 is 11.9. The van der Waals surface area contributed by atoms with Crippen LogP contribution in [0, 0.1) is 0 Å². The molecule has 28 heavy (non-hydrogen) atoms. The zero-order chi connectivity index (χ0) is 19.8. The van der Waals surface area contributed by atoms with Gasteiger partial charge in [-0.3, -0.25) is 9.59 Å². The Balaban J connectivity index is 1.83. The maximum atomic E-state index is 12.7. The average molecular weight is 376 g/mol. The first-order valence-corrected chi connectivity index (χ1v) is 8.50. The summed E-state index contributed by atoms with van der Waals surface area (Å²) >= 11 is 0. The normalized spacial score (nSPS) is 10.9. The van der Waals surface area contributed by atoms with Gasteiger partial charge in [0.25, 0.3) is 11.5 Å².